The van der Waals surface area contributed by atoms with Gasteiger partial charge >= 0.3 is 6.09 Å². The van der Waals surface area contributed by atoms with Crippen molar-refractivity contribution in [1.29, 1.82) is 5.41 Å². The fourth-order valence-corrected chi connectivity index (χ4v) is 1.65. The molecule has 6 nitrogen and oxygen atoms in total. The number of carbonyl (C=O) groups is 1. The lowest BCUT2D eigenvalue weighted by Gasteiger charge is -2.19. The molecule has 0 bridgehead atoms. The van der Waals surface area contributed by atoms with Crippen molar-refractivity contribution in [2.75, 3.05) is 5.32 Å². The van der Waals surface area contributed by atoms with Gasteiger partial charge in [0.05, 0.1) is 0 Å². The zero-order valence-electron chi connectivity index (χ0n) is 11.7. The van der Waals surface area contributed by atoms with E-state index in [0.29, 0.717) is 10.7 Å². The number of carbonyl (C=O) groups excluding carboxylic acids is 1. The van der Waals surface area contributed by atoms with Crippen LogP contribution in [-0.4, -0.2) is 17.7 Å². The van der Waals surface area contributed by atoms with Gasteiger partial charge in [-0.15, -0.1) is 0 Å². The lowest BCUT2D eigenvalue weighted by Crippen LogP contribution is -2.32. The van der Waals surface area contributed by atoms with Gasteiger partial charge in [0, 0.05) is 17.3 Å². The summed E-state index contributed by atoms with van der Waals surface area (Å²) < 4.78 is 5.13. The van der Waals surface area contributed by atoms with Crippen LogP contribution in [0.1, 0.15) is 26.3 Å². The van der Waals surface area contributed by atoms with Crippen LogP contribution in [0.25, 0.3) is 0 Å². The summed E-state index contributed by atoms with van der Waals surface area (Å²) in [5.41, 5.74) is 6.04. The molecule has 0 aliphatic carbocycles. The zero-order valence-corrected chi connectivity index (χ0v) is 12.5. The van der Waals surface area contributed by atoms with Crippen molar-refractivity contribution in [2.24, 2.45) is 5.73 Å². The lowest BCUT2D eigenvalue weighted by atomic mass is 10.2. The van der Waals surface area contributed by atoms with Crippen LogP contribution >= 0.6 is 11.6 Å². The smallest absolute Gasteiger partial charge is 0.407 e. The molecule has 0 spiro atoms. The molecular weight excluding hydrogens is 280 g/mol. The van der Waals surface area contributed by atoms with Gasteiger partial charge in [-0.1, -0.05) is 17.7 Å². The monoisotopic (exact) mass is 298 g/mol. The first-order chi connectivity index (χ1) is 9.17. The average molecular weight is 299 g/mol. The maximum atomic E-state index is 11.5. The standard InChI is InChI=1S/C13H19ClN4O2/c1-13(2,3)20-12(19)17-7-8-4-5-9(6-10(8)14)18-11(15)16/h4-6H,7H2,1-3H3,(H,17,19)(H4,15,16,18). The Morgan fingerprint density at radius 1 is 1.45 bits per heavy atom. The summed E-state index contributed by atoms with van der Waals surface area (Å²) in [5, 5.41) is 12.8. The zero-order chi connectivity index (χ0) is 15.3. The summed E-state index contributed by atoms with van der Waals surface area (Å²) in [4.78, 5) is 11.5. The minimum atomic E-state index is -0.539. The van der Waals surface area contributed by atoms with Crippen LogP contribution in [0.5, 0.6) is 0 Å². The molecule has 0 fully saturated rings. The number of anilines is 1. The number of amides is 1. The van der Waals surface area contributed by atoms with Crippen molar-refractivity contribution in [3.63, 3.8) is 0 Å². The molecular formula is C13H19ClN4O2. The normalized spacial score (nSPS) is 10.8. The lowest BCUT2D eigenvalue weighted by molar-refractivity contribution is 0.0523. The first-order valence-electron chi connectivity index (χ1n) is 6.04. The Bertz CT molecular complexity index is 512. The number of rotatable bonds is 3. The predicted octanol–water partition coefficient (Wildman–Crippen LogP) is 2.67. The summed E-state index contributed by atoms with van der Waals surface area (Å²) >= 11 is 6.09. The number of nitrogens with one attached hydrogen (secondary N) is 3. The van der Waals surface area contributed by atoms with Gasteiger partial charge in [0.15, 0.2) is 5.96 Å². The Labute approximate surface area is 123 Å². The Morgan fingerprint density at radius 2 is 2.10 bits per heavy atom. The molecule has 0 aliphatic heterocycles. The predicted molar refractivity (Wildman–Crippen MR) is 80.1 cm³/mol. The first kappa shape index (κ1) is 16.1. The number of halogens is 1. The number of hydrogen-bond donors (Lipinski definition) is 4. The maximum Gasteiger partial charge on any atom is 0.407 e. The van der Waals surface area contributed by atoms with E-state index in [2.05, 4.69) is 10.6 Å². The molecule has 0 radical (unpaired) electrons. The summed E-state index contributed by atoms with van der Waals surface area (Å²) in [6.45, 7) is 5.64. The fraction of sp³-hybridized carbons (Fsp3) is 0.385. The highest BCUT2D eigenvalue weighted by molar-refractivity contribution is 6.31. The van der Waals surface area contributed by atoms with Gasteiger partial charge < -0.3 is 21.1 Å². The maximum absolute atomic E-state index is 11.5. The summed E-state index contributed by atoms with van der Waals surface area (Å²) in [6.07, 6.45) is -0.500. The molecule has 1 aromatic carbocycles. The largest absolute Gasteiger partial charge is 0.444 e. The van der Waals surface area contributed by atoms with Gasteiger partial charge in [-0.05, 0) is 38.5 Å². The third-order valence-corrected chi connectivity index (χ3v) is 2.51. The minimum Gasteiger partial charge on any atom is -0.444 e. The number of nitrogens with two attached hydrogens (primary N) is 1. The number of guanidine groups is 1. The first-order valence-corrected chi connectivity index (χ1v) is 6.41. The quantitative estimate of drug-likeness (QED) is 0.509. The summed E-state index contributed by atoms with van der Waals surface area (Å²) in [6, 6.07) is 5.10. The van der Waals surface area contributed by atoms with E-state index in [-0.39, 0.29) is 12.5 Å². The van der Waals surface area contributed by atoms with Crippen molar-refractivity contribution in [1.82, 2.24) is 5.32 Å². The highest BCUT2D eigenvalue weighted by atomic mass is 35.5. The molecule has 1 aromatic rings. The van der Waals surface area contributed by atoms with E-state index in [4.69, 9.17) is 27.5 Å². The van der Waals surface area contributed by atoms with Crippen LogP contribution in [0.4, 0.5) is 10.5 Å². The molecule has 0 atom stereocenters. The van der Waals surface area contributed by atoms with Gasteiger partial charge in [-0.25, -0.2) is 4.79 Å². The number of hydrogen-bond acceptors (Lipinski definition) is 3. The van der Waals surface area contributed by atoms with Crippen LogP contribution in [0.2, 0.25) is 5.02 Å². The van der Waals surface area contributed by atoms with Crippen LogP contribution in [0.15, 0.2) is 18.2 Å². The topological polar surface area (TPSA) is 100 Å². The number of ether oxygens (including phenoxy) is 1. The molecule has 0 heterocycles. The van der Waals surface area contributed by atoms with E-state index >= 15 is 0 Å². The van der Waals surface area contributed by atoms with Crippen LogP contribution in [0.3, 0.4) is 0 Å². The second-order valence-electron chi connectivity index (χ2n) is 5.20. The van der Waals surface area contributed by atoms with E-state index in [1.165, 1.54) is 0 Å². The Balaban J connectivity index is 2.61. The Kier molecular flexibility index (Phi) is 5.21. The number of benzene rings is 1. The molecule has 5 N–H and O–H groups in total. The van der Waals surface area contributed by atoms with Crippen LogP contribution in [0, 0.1) is 5.41 Å². The highest BCUT2D eigenvalue weighted by Gasteiger charge is 2.16. The molecule has 0 saturated carbocycles. The molecule has 110 valence electrons. The van der Waals surface area contributed by atoms with E-state index in [1.807, 2.05) is 0 Å². The Hall–Kier alpha value is -1.95. The van der Waals surface area contributed by atoms with Crippen LogP contribution in [-0.2, 0) is 11.3 Å². The molecule has 0 aromatic heterocycles. The van der Waals surface area contributed by atoms with Crippen LogP contribution < -0.4 is 16.4 Å². The second kappa shape index (κ2) is 6.47. The van der Waals surface area contributed by atoms with Gasteiger partial charge in [-0.3, -0.25) is 5.41 Å². The van der Waals surface area contributed by atoms with Gasteiger partial charge in [0.2, 0.25) is 0 Å². The third-order valence-electron chi connectivity index (χ3n) is 2.15. The molecule has 0 unspecified atom stereocenters. The van der Waals surface area contributed by atoms with E-state index < -0.39 is 11.7 Å². The third kappa shape index (κ3) is 5.79. The SMILES string of the molecule is CC(C)(C)OC(=O)NCc1ccc(NC(=N)N)cc1Cl. The van der Waals surface area contributed by atoms with Crippen molar-refractivity contribution in [2.45, 2.75) is 32.9 Å². The average Bonchev–Trinajstić information content (AvgIpc) is 2.24. The molecule has 0 aliphatic rings. The van der Waals surface area contributed by atoms with E-state index in [1.54, 1.807) is 39.0 Å². The molecule has 0 saturated heterocycles. The Morgan fingerprint density at radius 3 is 2.60 bits per heavy atom. The molecule has 1 amide bonds. The van der Waals surface area contributed by atoms with Crippen molar-refractivity contribution < 1.29 is 9.53 Å². The summed E-state index contributed by atoms with van der Waals surface area (Å²) in [5.74, 6) is -0.166. The second-order valence-corrected chi connectivity index (χ2v) is 5.61. The molecule has 7 heteroatoms. The van der Waals surface area contributed by atoms with E-state index in [9.17, 15) is 4.79 Å². The van der Waals surface area contributed by atoms with Gasteiger partial charge in [0.25, 0.3) is 0 Å². The van der Waals surface area contributed by atoms with Crippen molar-refractivity contribution in [3.8, 4) is 0 Å². The summed E-state index contributed by atoms with van der Waals surface area (Å²) in [7, 11) is 0. The molecule has 1 rings (SSSR count). The highest BCUT2D eigenvalue weighted by Crippen LogP contribution is 2.21. The van der Waals surface area contributed by atoms with Crippen molar-refractivity contribution in [3.05, 3.63) is 28.8 Å². The van der Waals surface area contributed by atoms with Gasteiger partial charge in [0.1, 0.15) is 5.60 Å². The van der Waals surface area contributed by atoms with Gasteiger partial charge in [-0.2, -0.15) is 0 Å². The van der Waals surface area contributed by atoms with E-state index in [0.717, 1.165) is 5.56 Å². The minimum absolute atomic E-state index is 0.166. The molecule has 20 heavy (non-hydrogen) atoms. The fourth-order valence-electron chi connectivity index (χ4n) is 1.41. The van der Waals surface area contributed by atoms with Crippen molar-refractivity contribution >= 4 is 29.3 Å². The number of alkyl carbamates (subject to hydrolysis) is 1.